The molecule has 5 nitrogen and oxygen atoms in total. The third-order valence-electron chi connectivity index (χ3n) is 2.90. The minimum atomic E-state index is -0.153. The molecule has 0 aliphatic heterocycles. The zero-order valence-corrected chi connectivity index (χ0v) is 11.5. The number of halogens is 1. The first kappa shape index (κ1) is 15.9. The number of rotatable bonds is 4. The lowest BCUT2D eigenvalue weighted by Crippen LogP contribution is -2.35. The maximum atomic E-state index is 11.7. The van der Waals surface area contributed by atoms with E-state index in [0.717, 1.165) is 11.3 Å². The first-order valence-electron chi connectivity index (χ1n) is 5.46. The van der Waals surface area contributed by atoms with Gasteiger partial charge in [-0.2, -0.15) is 5.10 Å². The van der Waals surface area contributed by atoms with Crippen LogP contribution in [0.5, 0.6) is 0 Å². The van der Waals surface area contributed by atoms with Crippen LogP contribution in [0.15, 0.2) is 6.20 Å². The SMILES string of the molecule is Cc1c(C(C)NC(=O)C(C)CN)cnn1C.Cl. The van der Waals surface area contributed by atoms with E-state index in [9.17, 15) is 4.79 Å². The molecule has 0 aliphatic carbocycles. The highest BCUT2D eigenvalue weighted by atomic mass is 35.5. The molecule has 0 fully saturated rings. The van der Waals surface area contributed by atoms with Crippen LogP contribution >= 0.6 is 12.4 Å². The number of nitrogens with zero attached hydrogens (tertiary/aromatic N) is 2. The zero-order valence-electron chi connectivity index (χ0n) is 10.7. The maximum absolute atomic E-state index is 11.7. The fourth-order valence-corrected chi connectivity index (χ4v) is 1.48. The molecule has 0 spiro atoms. The lowest BCUT2D eigenvalue weighted by Gasteiger charge is -2.16. The van der Waals surface area contributed by atoms with Gasteiger partial charge in [-0.3, -0.25) is 9.48 Å². The summed E-state index contributed by atoms with van der Waals surface area (Å²) in [4.78, 5) is 11.7. The van der Waals surface area contributed by atoms with E-state index in [4.69, 9.17) is 5.73 Å². The molecule has 2 unspecified atom stereocenters. The standard InChI is InChI=1S/C11H20N4O.ClH/c1-7(5-12)11(16)14-8(2)10-6-13-15(4)9(10)3;/h6-8H,5,12H2,1-4H3,(H,14,16);1H. The number of aromatic nitrogens is 2. The van der Waals surface area contributed by atoms with Crippen molar-refractivity contribution in [1.82, 2.24) is 15.1 Å². The molecule has 98 valence electrons. The third-order valence-corrected chi connectivity index (χ3v) is 2.90. The molecule has 2 atom stereocenters. The van der Waals surface area contributed by atoms with Crippen molar-refractivity contribution in [3.8, 4) is 0 Å². The van der Waals surface area contributed by atoms with E-state index in [0.29, 0.717) is 6.54 Å². The summed E-state index contributed by atoms with van der Waals surface area (Å²) in [5.41, 5.74) is 7.55. The summed E-state index contributed by atoms with van der Waals surface area (Å²) in [6.45, 7) is 6.12. The second-order valence-corrected chi connectivity index (χ2v) is 4.18. The molecule has 0 bridgehead atoms. The van der Waals surface area contributed by atoms with Crippen molar-refractivity contribution in [2.24, 2.45) is 18.7 Å². The van der Waals surface area contributed by atoms with Gasteiger partial charge in [0.15, 0.2) is 0 Å². The van der Waals surface area contributed by atoms with Gasteiger partial charge in [0, 0.05) is 30.8 Å². The lowest BCUT2D eigenvalue weighted by molar-refractivity contribution is -0.124. The minimum Gasteiger partial charge on any atom is -0.349 e. The van der Waals surface area contributed by atoms with Crippen LogP contribution in [0.25, 0.3) is 0 Å². The normalized spacial score (nSPS) is 13.7. The van der Waals surface area contributed by atoms with Gasteiger partial charge in [0.05, 0.1) is 12.2 Å². The highest BCUT2D eigenvalue weighted by Gasteiger charge is 2.17. The molecule has 0 aliphatic rings. The molecule has 0 radical (unpaired) electrons. The minimum absolute atomic E-state index is 0. The predicted molar refractivity (Wildman–Crippen MR) is 70.0 cm³/mol. The summed E-state index contributed by atoms with van der Waals surface area (Å²) in [5.74, 6) is -0.169. The molecule has 1 heterocycles. The van der Waals surface area contributed by atoms with E-state index in [1.807, 2.05) is 27.8 Å². The molecule has 1 aromatic rings. The zero-order chi connectivity index (χ0) is 12.3. The number of carbonyl (C=O) groups is 1. The summed E-state index contributed by atoms with van der Waals surface area (Å²) >= 11 is 0. The van der Waals surface area contributed by atoms with E-state index in [1.54, 1.807) is 10.9 Å². The first-order valence-corrected chi connectivity index (χ1v) is 5.46. The molecule has 1 aromatic heterocycles. The molecule has 17 heavy (non-hydrogen) atoms. The predicted octanol–water partition coefficient (Wildman–Crippen LogP) is 0.922. The molecule has 6 heteroatoms. The van der Waals surface area contributed by atoms with Crippen LogP contribution in [-0.4, -0.2) is 22.2 Å². The summed E-state index contributed by atoms with van der Waals surface area (Å²) in [7, 11) is 1.88. The Morgan fingerprint density at radius 2 is 2.18 bits per heavy atom. The maximum Gasteiger partial charge on any atom is 0.224 e. The van der Waals surface area contributed by atoms with Crippen LogP contribution < -0.4 is 11.1 Å². The summed E-state index contributed by atoms with van der Waals surface area (Å²) in [6.07, 6.45) is 1.79. The van der Waals surface area contributed by atoms with Crippen molar-refractivity contribution in [1.29, 1.82) is 0 Å². The van der Waals surface area contributed by atoms with Crippen LogP contribution in [0.3, 0.4) is 0 Å². The Balaban J connectivity index is 0.00000256. The number of carbonyl (C=O) groups excluding carboxylic acids is 1. The van der Waals surface area contributed by atoms with E-state index >= 15 is 0 Å². The van der Waals surface area contributed by atoms with Crippen LogP contribution in [0.1, 0.15) is 31.1 Å². The number of hydrogen-bond acceptors (Lipinski definition) is 3. The fourth-order valence-electron chi connectivity index (χ4n) is 1.48. The molecule has 3 N–H and O–H groups in total. The number of aryl methyl sites for hydroxylation is 1. The number of hydrogen-bond donors (Lipinski definition) is 2. The Morgan fingerprint density at radius 3 is 2.59 bits per heavy atom. The first-order chi connectivity index (χ1) is 7.47. The highest BCUT2D eigenvalue weighted by molar-refractivity contribution is 5.85. The highest BCUT2D eigenvalue weighted by Crippen LogP contribution is 2.16. The smallest absolute Gasteiger partial charge is 0.224 e. The van der Waals surface area contributed by atoms with Gasteiger partial charge in [-0.05, 0) is 13.8 Å². The van der Waals surface area contributed by atoms with E-state index in [1.165, 1.54) is 0 Å². The van der Waals surface area contributed by atoms with Crippen molar-refractivity contribution in [3.05, 3.63) is 17.5 Å². The second-order valence-electron chi connectivity index (χ2n) is 4.18. The van der Waals surface area contributed by atoms with Crippen LogP contribution in [0.2, 0.25) is 0 Å². The monoisotopic (exact) mass is 260 g/mol. The summed E-state index contributed by atoms with van der Waals surface area (Å²) < 4.78 is 1.80. The Morgan fingerprint density at radius 1 is 1.59 bits per heavy atom. The molecule has 1 rings (SSSR count). The van der Waals surface area contributed by atoms with Crippen LogP contribution in [-0.2, 0) is 11.8 Å². The van der Waals surface area contributed by atoms with Gasteiger partial charge in [-0.15, -0.1) is 12.4 Å². The Bertz CT molecular complexity index is 378. The molecule has 0 saturated heterocycles. The van der Waals surface area contributed by atoms with Gasteiger partial charge < -0.3 is 11.1 Å². The average molecular weight is 261 g/mol. The molecular formula is C11H21ClN4O. The Hall–Kier alpha value is -1.07. The van der Waals surface area contributed by atoms with Crippen molar-refractivity contribution < 1.29 is 4.79 Å². The summed E-state index contributed by atoms with van der Waals surface area (Å²) in [5, 5.41) is 7.08. The number of nitrogens with one attached hydrogen (secondary N) is 1. The van der Waals surface area contributed by atoms with Gasteiger partial charge in [-0.25, -0.2) is 0 Å². The fraction of sp³-hybridized carbons (Fsp3) is 0.636. The van der Waals surface area contributed by atoms with Crippen LogP contribution in [0, 0.1) is 12.8 Å². The van der Waals surface area contributed by atoms with Crippen molar-refractivity contribution in [2.45, 2.75) is 26.8 Å². The van der Waals surface area contributed by atoms with Crippen LogP contribution in [0.4, 0.5) is 0 Å². The quantitative estimate of drug-likeness (QED) is 0.846. The number of nitrogens with two attached hydrogens (primary N) is 1. The molecule has 0 aromatic carbocycles. The van der Waals surface area contributed by atoms with Crippen molar-refractivity contribution >= 4 is 18.3 Å². The molecule has 0 saturated carbocycles. The van der Waals surface area contributed by atoms with Gasteiger partial charge in [0.2, 0.25) is 5.91 Å². The Labute approximate surface area is 108 Å². The topological polar surface area (TPSA) is 72.9 Å². The average Bonchev–Trinajstić information content (AvgIpc) is 2.58. The van der Waals surface area contributed by atoms with Gasteiger partial charge >= 0.3 is 0 Å². The molecular weight excluding hydrogens is 240 g/mol. The van der Waals surface area contributed by atoms with Gasteiger partial charge in [0.1, 0.15) is 0 Å². The van der Waals surface area contributed by atoms with Crippen molar-refractivity contribution in [2.75, 3.05) is 6.54 Å². The van der Waals surface area contributed by atoms with Gasteiger partial charge in [-0.1, -0.05) is 6.92 Å². The summed E-state index contributed by atoms with van der Waals surface area (Å²) in [6, 6.07) is -0.0322. The lowest BCUT2D eigenvalue weighted by atomic mass is 10.1. The van der Waals surface area contributed by atoms with E-state index < -0.39 is 0 Å². The number of amides is 1. The molecule has 1 amide bonds. The Kier molecular flexibility index (Phi) is 6.20. The van der Waals surface area contributed by atoms with E-state index in [2.05, 4.69) is 10.4 Å². The van der Waals surface area contributed by atoms with Gasteiger partial charge in [0.25, 0.3) is 0 Å². The third kappa shape index (κ3) is 3.71. The largest absolute Gasteiger partial charge is 0.349 e. The van der Waals surface area contributed by atoms with Crippen molar-refractivity contribution in [3.63, 3.8) is 0 Å². The van der Waals surface area contributed by atoms with E-state index in [-0.39, 0.29) is 30.3 Å². The second kappa shape index (κ2) is 6.61.